The Kier molecular flexibility index (Phi) is 7.04. The van der Waals surface area contributed by atoms with E-state index in [2.05, 4.69) is 10.0 Å². The summed E-state index contributed by atoms with van der Waals surface area (Å²) in [4.78, 5) is 12.3. The lowest BCUT2D eigenvalue weighted by Crippen LogP contribution is -2.32. The molecule has 2 aromatic carbocycles. The van der Waals surface area contributed by atoms with Gasteiger partial charge in [0.2, 0.25) is 10.0 Å². The van der Waals surface area contributed by atoms with E-state index in [9.17, 15) is 21.6 Å². The fourth-order valence-corrected chi connectivity index (χ4v) is 4.36. The fourth-order valence-electron chi connectivity index (χ4n) is 2.38. The van der Waals surface area contributed by atoms with Crippen molar-refractivity contribution in [3.8, 4) is 0 Å². The lowest BCUT2D eigenvalue weighted by atomic mass is 10.1. The number of hydrogen-bond donors (Lipinski definition) is 2. The lowest BCUT2D eigenvalue weighted by Gasteiger charge is -2.16. The van der Waals surface area contributed by atoms with E-state index in [1.165, 1.54) is 50.5 Å². The van der Waals surface area contributed by atoms with E-state index >= 15 is 0 Å². The van der Waals surface area contributed by atoms with Crippen LogP contribution in [0.3, 0.4) is 0 Å². The Labute approximate surface area is 172 Å². The van der Waals surface area contributed by atoms with Gasteiger partial charge in [-0.05, 0) is 49.7 Å². The van der Waals surface area contributed by atoms with Gasteiger partial charge >= 0.3 is 0 Å². The third kappa shape index (κ3) is 5.34. The second-order valence-electron chi connectivity index (χ2n) is 6.69. The molecule has 158 valence electrons. The van der Waals surface area contributed by atoms with Crippen LogP contribution in [0.2, 0.25) is 0 Å². The van der Waals surface area contributed by atoms with Crippen molar-refractivity contribution in [2.75, 3.05) is 18.8 Å². The zero-order valence-corrected chi connectivity index (χ0v) is 18.3. The summed E-state index contributed by atoms with van der Waals surface area (Å²) < 4.78 is 53.2. The molecular weight excluding hydrogens is 414 g/mol. The molecule has 29 heavy (non-hydrogen) atoms. The van der Waals surface area contributed by atoms with Crippen LogP contribution in [0.1, 0.15) is 30.6 Å². The van der Waals surface area contributed by atoms with Gasteiger partial charge in [0.1, 0.15) is 0 Å². The topological polar surface area (TPSA) is 113 Å². The molecule has 0 aromatic heterocycles. The minimum absolute atomic E-state index is 0.0187. The highest BCUT2D eigenvalue weighted by Gasteiger charge is 2.21. The standard InChI is InChI=1S/C19H25N3O5S2/c1-5-14(2)20-19(23)17-8-6-7-9-18(17)21-28(24,25)15-10-12-16(13-11-15)29(26,27)22(3)4/h6-14,21H,5H2,1-4H3,(H,20,23). The molecule has 2 N–H and O–H groups in total. The summed E-state index contributed by atoms with van der Waals surface area (Å²) in [6.07, 6.45) is 0.738. The Balaban J connectivity index is 2.32. The minimum Gasteiger partial charge on any atom is -0.350 e. The number of carbonyl (C=O) groups is 1. The van der Waals surface area contributed by atoms with Crippen molar-refractivity contribution in [2.24, 2.45) is 0 Å². The molecule has 0 aliphatic carbocycles. The third-order valence-corrected chi connectivity index (χ3v) is 7.53. The molecule has 2 aromatic rings. The highest BCUT2D eigenvalue weighted by Crippen LogP contribution is 2.22. The van der Waals surface area contributed by atoms with Gasteiger partial charge < -0.3 is 5.32 Å². The average molecular weight is 440 g/mol. The summed E-state index contributed by atoms with van der Waals surface area (Å²) in [5.41, 5.74) is 0.335. The van der Waals surface area contributed by atoms with Crippen molar-refractivity contribution in [3.05, 3.63) is 54.1 Å². The van der Waals surface area contributed by atoms with Gasteiger partial charge in [-0.3, -0.25) is 9.52 Å². The quantitative estimate of drug-likeness (QED) is 0.655. The number of rotatable bonds is 8. The molecule has 0 bridgehead atoms. The summed E-state index contributed by atoms with van der Waals surface area (Å²) in [5.74, 6) is -0.384. The van der Waals surface area contributed by atoms with E-state index in [1.807, 2.05) is 13.8 Å². The number of benzene rings is 2. The zero-order chi connectivity index (χ0) is 21.8. The molecule has 1 atom stereocenters. The van der Waals surface area contributed by atoms with Crippen LogP contribution in [-0.2, 0) is 20.0 Å². The SMILES string of the molecule is CCC(C)NC(=O)c1ccccc1NS(=O)(=O)c1ccc(S(=O)(=O)N(C)C)cc1. The Bertz CT molecular complexity index is 1080. The van der Waals surface area contributed by atoms with Crippen LogP contribution >= 0.6 is 0 Å². The third-order valence-electron chi connectivity index (χ3n) is 4.32. The number of nitrogens with one attached hydrogen (secondary N) is 2. The largest absolute Gasteiger partial charge is 0.350 e. The summed E-state index contributed by atoms with van der Waals surface area (Å²) in [7, 11) is -4.91. The van der Waals surface area contributed by atoms with Gasteiger partial charge in [0.05, 0.1) is 21.0 Å². The molecule has 8 nitrogen and oxygen atoms in total. The van der Waals surface area contributed by atoms with Crippen molar-refractivity contribution >= 4 is 31.6 Å². The lowest BCUT2D eigenvalue weighted by molar-refractivity contribution is 0.0940. The second-order valence-corrected chi connectivity index (χ2v) is 10.5. The van der Waals surface area contributed by atoms with Gasteiger partial charge in [-0.25, -0.2) is 21.1 Å². The summed E-state index contributed by atoms with van der Waals surface area (Å²) in [6, 6.07) is 11.1. The van der Waals surface area contributed by atoms with Crippen LogP contribution in [0.15, 0.2) is 58.3 Å². The zero-order valence-electron chi connectivity index (χ0n) is 16.7. The Morgan fingerprint density at radius 1 is 0.966 bits per heavy atom. The predicted octanol–water partition coefficient (Wildman–Crippen LogP) is 2.27. The normalized spacial score (nSPS) is 13.1. The molecule has 0 saturated carbocycles. The van der Waals surface area contributed by atoms with Gasteiger partial charge in [-0.1, -0.05) is 19.1 Å². The van der Waals surface area contributed by atoms with E-state index in [1.54, 1.807) is 12.1 Å². The number of sulfonamides is 2. The molecule has 0 spiro atoms. The molecule has 1 amide bonds. The molecule has 0 saturated heterocycles. The number of para-hydroxylation sites is 1. The molecule has 0 fully saturated rings. The Morgan fingerprint density at radius 2 is 1.52 bits per heavy atom. The Hall–Kier alpha value is -2.43. The van der Waals surface area contributed by atoms with Crippen LogP contribution in [0.5, 0.6) is 0 Å². The smallest absolute Gasteiger partial charge is 0.261 e. The molecule has 0 heterocycles. The molecule has 2 rings (SSSR count). The maximum atomic E-state index is 12.7. The Morgan fingerprint density at radius 3 is 2.07 bits per heavy atom. The van der Waals surface area contributed by atoms with E-state index in [0.717, 1.165) is 10.7 Å². The van der Waals surface area contributed by atoms with E-state index in [4.69, 9.17) is 0 Å². The first-order chi connectivity index (χ1) is 13.5. The number of nitrogens with zero attached hydrogens (tertiary/aromatic N) is 1. The molecular formula is C19H25N3O5S2. The van der Waals surface area contributed by atoms with Gasteiger partial charge in [0.25, 0.3) is 15.9 Å². The van der Waals surface area contributed by atoms with E-state index in [0.29, 0.717) is 0 Å². The molecule has 1 unspecified atom stereocenters. The van der Waals surface area contributed by atoms with Crippen molar-refractivity contribution in [2.45, 2.75) is 36.1 Å². The molecule has 0 aliphatic rings. The summed E-state index contributed by atoms with van der Waals surface area (Å²) in [6.45, 7) is 3.79. The maximum Gasteiger partial charge on any atom is 0.261 e. The molecule has 10 heteroatoms. The number of carbonyl (C=O) groups excluding carboxylic acids is 1. The van der Waals surface area contributed by atoms with E-state index < -0.39 is 20.0 Å². The van der Waals surface area contributed by atoms with Gasteiger partial charge in [-0.15, -0.1) is 0 Å². The predicted molar refractivity (Wildman–Crippen MR) is 112 cm³/mol. The van der Waals surface area contributed by atoms with Gasteiger partial charge in [-0.2, -0.15) is 0 Å². The van der Waals surface area contributed by atoms with Crippen LogP contribution in [0.4, 0.5) is 5.69 Å². The van der Waals surface area contributed by atoms with Crippen LogP contribution < -0.4 is 10.0 Å². The first kappa shape index (κ1) is 22.9. The van der Waals surface area contributed by atoms with E-state index in [-0.39, 0.29) is 33.0 Å². The van der Waals surface area contributed by atoms with Crippen molar-refractivity contribution in [3.63, 3.8) is 0 Å². The number of amides is 1. The van der Waals surface area contributed by atoms with Crippen LogP contribution in [0, 0.1) is 0 Å². The van der Waals surface area contributed by atoms with Crippen molar-refractivity contribution < 1.29 is 21.6 Å². The first-order valence-corrected chi connectivity index (χ1v) is 11.9. The maximum absolute atomic E-state index is 12.7. The van der Waals surface area contributed by atoms with Gasteiger partial charge in [0.15, 0.2) is 0 Å². The highest BCUT2D eigenvalue weighted by atomic mass is 32.2. The molecule has 0 aliphatic heterocycles. The first-order valence-electron chi connectivity index (χ1n) is 8.94. The second kappa shape index (κ2) is 8.93. The van der Waals surface area contributed by atoms with Crippen molar-refractivity contribution in [1.82, 2.24) is 9.62 Å². The summed E-state index contributed by atoms with van der Waals surface area (Å²) in [5, 5.41) is 2.80. The number of anilines is 1. The van der Waals surface area contributed by atoms with Crippen LogP contribution in [0.25, 0.3) is 0 Å². The summed E-state index contributed by atoms with van der Waals surface area (Å²) >= 11 is 0. The monoisotopic (exact) mass is 439 g/mol. The average Bonchev–Trinajstić information content (AvgIpc) is 2.67. The highest BCUT2D eigenvalue weighted by molar-refractivity contribution is 7.92. The van der Waals surface area contributed by atoms with Gasteiger partial charge in [0, 0.05) is 20.1 Å². The number of hydrogen-bond acceptors (Lipinski definition) is 5. The fraction of sp³-hybridized carbons (Fsp3) is 0.316. The van der Waals surface area contributed by atoms with Crippen LogP contribution in [-0.4, -0.2) is 47.2 Å². The van der Waals surface area contributed by atoms with Crippen molar-refractivity contribution in [1.29, 1.82) is 0 Å². The minimum atomic E-state index is -4.02. The molecule has 0 radical (unpaired) electrons.